The van der Waals surface area contributed by atoms with Gasteiger partial charge in [0.25, 0.3) is 0 Å². The van der Waals surface area contributed by atoms with Crippen LogP contribution in [-0.2, 0) is 5.75 Å². The molecule has 1 unspecified atom stereocenters. The number of benzene rings is 1. The first-order valence-electron chi connectivity index (χ1n) is 6.93. The van der Waals surface area contributed by atoms with Gasteiger partial charge in [0, 0.05) is 20.8 Å². The number of aryl methyl sites for hydroxylation is 2. The Labute approximate surface area is 138 Å². The van der Waals surface area contributed by atoms with E-state index in [2.05, 4.69) is 45.0 Å². The zero-order valence-corrected chi connectivity index (χ0v) is 15.0. The van der Waals surface area contributed by atoms with Gasteiger partial charge in [0.1, 0.15) is 5.82 Å². The summed E-state index contributed by atoms with van der Waals surface area (Å²) in [6.07, 6.45) is 0. The van der Waals surface area contributed by atoms with E-state index in [1.54, 1.807) is 11.8 Å². The maximum Gasteiger partial charge on any atom is 0.139 e. The summed E-state index contributed by atoms with van der Waals surface area (Å²) < 4.78 is 1.09. The molecule has 1 heterocycles. The summed E-state index contributed by atoms with van der Waals surface area (Å²) in [7, 11) is 0. The summed E-state index contributed by atoms with van der Waals surface area (Å²) in [5.74, 6) is 1.95. The van der Waals surface area contributed by atoms with Crippen LogP contribution in [0.4, 0.5) is 0 Å². The molecule has 0 amide bonds. The first-order valence-corrected chi connectivity index (χ1v) is 8.71. The molecule has 2 aromatic rings. The third-order valence-electron chi connectivity index (χ3n) is 3.38. The van der Waals surface area contributed by atoms with Crippen LogP contribution < -0.4 is 5.73 Å². The van der Waals surface area contributed by atoms with Crippen LogP contribution in [-0.4, -0.2) is 16.5 Å². The van der Waals surface area contributed by atoms with Gasteiger partial charge >= 0.3 is 0 Å². The van der Waals surface area contributed by atoms with Crippen LogP contribution in [0.1, 0.15) is 35.6 Å². The Morgan fingerprint density at radius 3 is 2.48 bits per heavy atom. The highest BCUT2D eigenvalue weighted by Crippen LogP contribution is 2.26. The van der Waals surface area contributed by atoms with E-state index < -0.39 is 0 Å². The topological polar surface area (TPSA) is 51.8 Å². The molecule has 0 aliphatic carbocycles. The molecule has 1 atom stereocenters. The first kappa shape index (κ1) is 16.5. The Morgan fingerprint density at radius 1 is 1.24 bits per heavy atom. The van der Waals surface area contributed by atoms with Crippen molar-refractivity contribution in [1.29, 1.82) is 0 Å². The molecular formula is C16H20BrN3S. The SMILES string of the molecule is Cc1nc(CSc2cccc(Br)c2)nc(C)c1C(C)CN. The summed E-state index contributed by atoms with van der Waals surface area (Å²) >= 11 is 5.23. The van der Waals surface area contributed by atoms with E-state index >= 15 is 0 Å². The molecule has 0 bridgehead atoms. The molecule has 112 valence electrons. The van der Waals surface area contributed by atoms with Crippen LogP contribution in [0.5, 0.6) is 0 Å². The van der Waals surface area contributed by atoms with Crippen molar-refractivity contribution in [1.82, 2.24) is 9.97 Å². The molecule has 0 fully saturated rings. The average molecular weight is 366 g/mol. The van der Waals surface area contributed by atoms with Crippen molar-refractivity contribution in [3.05, 3.63) is 51.5 Å². The second kappa shape index (κ2) is 7.38. The van der Waals surface area contributed by atoms with Crippen molar-refractivity contribution in [2.45, 2.75) is 37.3 Å². The van der Waals surface area contributed by atoms with Gasteiger partial charge in [0.05, 0.1) is 5.75 Å². The fraction of sp³-hybridized carbons (Fsp3) is 0.375. The quantitative estimate of drug-likeness (QED) is 0.806. The van der Waals surface area contributed by atoms with E-state index in [1.165, 1.54) is 10.5 Å². The largest absolute Gasteiger partial charge is 0.330 e. The van der Waals surface area contributed by atoms with Crippen LogP contribution in [0.3, 0.4) is 0 Å². The molecule has 3 nitrogen and oxygen atoms in total. The normalized spacial score (nSPS) is 12.4. The van der Waals surface area contributed by atoms with Gasteiger partial charge in [-0.2, -0.15) is 0 Å². The second-order valence-corrected chi connectivity index (χ2v) is 7.07. The zero-order chi connectivity index (χ0) is 15.4. The van der Waals surface area contributed by atoms with E-state index in [4.69, 9.17) is 5.73 Å². The molecule has 1 aromatic carbocycles. The maximum atomic E-state index is 5.76. The Balaban J connectivity index is 2.15. The number of hydrogen-bond acceptors (Lipinski definition) is 4. The summed E-state index contributed by atoms with van der Waals surface area (Å²) in [6.45, 7) is 6.83. The highest BCUT2D eigenvalue weighted by molar-refractivity contribution is 9.10. The molecule has 2 N–H and O–H groups in total. The van der Waals surface area contributed by atoms with Crippen LogP contribution in [0.15, 0.2) is 33.6 Å². The fourth-order valence-corrected chi connectivity index (χ4v) is 3.76. The number of rotatable bonds is 5. The molecule has 0 saturated heterocycles. The molecule has 0 saturated carbocycles. The summed E-state index contributed by atoms with van der Waals surface area (Å²) in [6, 6.07) is 8.27. The van der Waals surface area contributed by atoms with Gasteiger partial charge in [-0.1, -0.05) is 28.9 Å². The van der Waals surface area contributed by atoms with E-state index in [0.717, 1.165) is 27.4 Å². The number of aromatic nitrogens is 2. The van der Waals surface area contributed by atoms with E-state index in [0.29, 0.717) is 12.5 Å². The third kappa shape index (κ3) is 4.28. The minimum absolute atomic E-state index is 0.303. The van der Waals surface area contributed by atoms with Gasteiger partial charge in [-0.3, -0.25) is 0 Å². The Kier molecular flexibility index (Phi) is 5.79. The fourth-order valence-electron chi connectivity index (χ4n) is 2.39. The zero-order valence-electron chi connectivity index (χ0n) is 12.6. The predicted molar refractivity (Wildman–Crippen MR) is 92.7 cm³/mol. The minimum atomic E-state index is 0.303. The lowest BCUT2D eigenvalue weighted by molar-refractivity contribution is 0.736. The molecule has 0 aliphatic heterocycles. The lowest BCUT2D eigenvalue weighted by atomic mass is 9.98. The van der Waals surface area contributed by atoms with E-state index in [9.17, 15) is 0 Å². The number of nitrogens with two attached hydrogens (primary N) is 1. The lowest BCUT2D eigenvalue weighted by Crippen LogP contribution is -2.14. The van der Waals surface area contributed by atoms with Gasteiger partial charge < -0.3 is 5.73 Å². The smallest absolute Gasteiger partial charge is 0.139 e. The number of hydrogen-bond donors (Lipinski definition) is 1. The second-order valence-electron chi connectivity index (χ2n) is 5.11. The molecular weight excluding hydrogens is 346 g/mol. The molecule has 21 heavy (non-hydrogen) atoms. The molecule has 0 spiro atoms. The van der Waals surface area contributed by atoms with Crippen LogP contribution in [0.2, 0.25) is 0 Å². The third-order valence-corrected chi connectivity index (χ3v) is 4.87. The number of nitrogens with zero attached hydrogens (tertiary/aromatic N) is 2. The first-order chi connectivity index (χ1) is 10.0. The van der Waals surface area contributed by atoms with E-state index in [-0.39, 0.29) is 0 Å². The van der Waals surface area contributed by atoms with Gasteiger partial charge in [-0.05, 0) is 50.1 Å². The predicted octanol–water partition coefficient (Wildman–Crippen LogP) is 4.21. The van der Waals surface area contributed by atoms with E-state index in [1.807, 2.05) is 26.0 Å². The summed E-state index contributed by atoms with van der Waals surface area (Å²) in [5.41, 5.74) is 9.05. The summed E-state index contributed by atoms with van der Waals surface area (Å²) in [4.78, 5) is 10.5. The van der Waals surface area contributed by atoms with Crippen molar-refractivity contribution in [3.8, 4) is 0 Å². The standard InChI is InChI=1S/C16H20BrN3S/c1-10(8-18)16-11(2)19-15(20-12(16)3)9-21-14-6-4-5-13(17)7-14/h4-7,10H,8-9,18H2,1-3H3. The van der Waals surface area contributed by atoms with Crippen LogP contribution in [0.25, 0.3) is 0 Å². The van der Waals surface area contributed by atoms with Crippen LogP contribution >= 0.6 is 27.7 Å². The van der Waals surface area contributed by atoms with Crippen molar-refractivity contribution in [2.24, 2.45) is 5.73 Å². The Hall–Kier alpha value is -0.910. The highest BCUT2D eigenvalue weighted by atomic mass is 79.9. The average Bonchev–Trinajstić information content (AvgIpc) is 2.44. The van der Waals surface area contributed by atoms with Gasteiger partial charge in [-0.25, -0.2) is 9.97 Å². The minimum Gasteiger partial charge on any atom is -0.330 e. The molecule has 0 radical (unpaired) electrons. The number of thioether (sulfide) groups is 1. The Morgan fingerprint density at radius 2 is 1.90 bits per heavy atom. The monoisotopic (exact) mass is 365 g/mol. The molecule has 0 aliphatic rings. The summed E-state index contributed by atoms with van der Waals surface area (Å²) in [5, 5.41) is 0. The maximum absolute atomic E-state index is 5.76. The van der Waals surface area contributed by atoms with Gasteiger partial charge in [0.15, 0.2) is 0 Å². The molecule has 5 heteroatoms. The highest BCUT2D eigenvalue weighted by Gasteiger charge is 2.14. The van der Waals surface area contributed by atoms with Gasteiger partial charge in [-0.15, -0.1) is 11.8 Å². The van der Waals surface area contributed by atoms with Crippen molar-refractivity contribution in [3.63, 3.8) is 0 Å². The van der Waals surface area contributed by atoms with Crippen molar-refractivity contribution >= 4 is 27.7 Å². The number of halogens is 1. The van der Waals surface area contributed by atoms with Crippen molar-refractivity contribution in [2.75, 3.05) is 6.54 Å². The lowest BCUT2D eigenvalue weighted by Gasteiger charge is -2.15. The Bertz CT molecular complexity index is 608. The molecule has 1 aromatic heterocycles. The molecule has 2 rings (SSSR count). The van der Waals surface area contributed by atoms with Crippen LogP contribution in [0, 0.1) is 13.8 Å². The van der Waals surface area contributed by atoms with Gasteiger partial charge in [0.2, 0.25) is 0 Å². The van der Waals surface area contributed by atoms with Crippen molar-refractivity contribution < 1.29 is 0 Å².